The standard InChI is InChI=1S/C26H20ClN3O3/c27-21-12-10-19(11-13-21)25(31)29-23-8-1-2-9-24(23)30-26(32)20-6-3-7-22(15-20)33-17-18-5-4-14-28-16-18/h1-16H,17H2,(H,29,31)(H,30,32). The number of nitrogens with one attached hydrogen (secondary N) is 2. The van der Waals surface area contributed by atoms with Crippen molar-refractivity contribution < 1.29 is 14.3 Å². The molecule has 1 aromatic heterocycles. The summed E-state index contributed by atoms with van der Waals surface area (Å²) in [6.45, 7) is 0.346. The molecule has 2 N–H and O–H groups in total. The van der Waals surface area contributed by atoms with Crippen LogP contribution in [0.3, 0.4) is 0 Å². The van der Waals surface area contributed by atoms with E-state index in [4.69, 9.17) is 16.3 Å². The summed E-state index contributed by atoms with van der Waals surface area (Å²) in [5.41, 5.74) is 2.77. The molecule has 0 aliphatic rings. The Morgan fingerprint density at radius 3 is 2.15 bits per heavy atom. The van der Waals surface area contributed by atoms with Crippen LogP contribution in [0.15, 0.2) is 97.3 Å². The Hall–Kier alpha value is -4.16. The van der Waals surface area contributed by atoms with E-state index in [0.29, 0.717) is 39.9 Å². The number of amides is 2. The quantitative estimate of drug-likeness (QED) is 0.366. The van der Waals surface area contributed by atoms with Gasteiger partial charge in [0.05, 0.1) is 11.4 Å². The molecule has 164 valence electrons. The summed E-state index contributed by atoms with van der Waals surface area (Å²) in [6, 6.07) is 24.2. The van der Waals surface area contributed by atoms with Crippen LogP contribution in [-0.2, 0) is 6.61 Å². The minimum Gasteiger partial charge on any atom is -0.489 e. The molecule has 0 radical (unpaired) electrons. The molecule has 0 bridgehead atoms. The number of benzene rings is 3. The third-order valence-electron chi connectivity index (χ3n) is 4.75. The molecule has 3 aromatic carbocycles. The van der Waals surface area contributed by atoms with E-state index in [9.17, 15) is 9.59 Å². The number of nitrogens with zero attached hydrogens (tertiary/aromatic N) is 1. The molecule has 1 heterocycles. The van der Waals surface area contributed by atoms with E-state index in [2.05, 4.69) is 15.6 Å². The zero-order valence-corrected chi connectivity index (χ0v) is 18.3. The molecule has 4 rings (SSSR count). The number of carbonyl (C=O) groups excluding carboxylic acids is 2. The Morgan fingerprint density at radius 1 is 0.788 bits per heavy atom. The first-order chi connectivity index (χ1) is 16.1. The van der Waals surface area contributed by atoms with Gasteiger partial charge >= 0.3 is 0 Å². The normalized spacial score (nSPS) is 10.3. The lowest BCUT2D eigenvalue weighted by atomic mass is 10.1. The largest absolute Gasteiger partial charge is 0.489 e. The average Bonchev–Trinajstić information content (AvgIpc) is 2.85. The summed E-state index contributed by atoms with van der Waals surface area (Å²) in [4.78, 5) is 29.5. The van der Waals surface area contributed by atoms with Crippen molar-refractivity contribution in [3.05, 3.63) is 119 Å². The maximum absolute atomic E-state index is 12.9. The molecule has 0 atom stereocenters. The lowest BCUT2D eigenvalue weighted by molar-refractivity contribution is 0.101. The molecule has 0 spiro atoms. The molecule has 2 amide bonds. The van der Waals surface area contributed by atoms with Crippen molar-refractivity contribution in [1.82, 2.24) is 4.98 Å². The molecule has 0 unspecified atom stereocenters. The number of rotatable bonds is 7. The highest BCUT2D eigenvalue weighted by atomic mass is 35.5. The summed E-state index contributed by atoms with van der Waals surface area (Å²) in [5.74, 6) is -0.0648. The van der Waals surface area contributed by atoms with Crippen LogP contribution < -0.4 is 15.4 Å². The minimum absolute atomic E-state index is 0.306. The third-order valence-corrected chi connectivity index (χ3v) is 5.01. The Balaban J connectivity index is 1.44. The van der Waals surface area contributed by atoms with Gasteiger partial charge in [-0.3, -0.25) is 14.6 Å². The molecule has 0 aliphatic heterocycles. The summed E-state index contributed by atoms with van der Waals surface area (Å²) >= 11 is 5.89. The fourth-order valence-electron chi connectivity index (χ4n) is 3.07. The highest BCUT2D eigenvalue weighted by Gasteiger charge is 2.13. The SMILES string of the molecule is O=C(Nc1ccccc1NC(=O)c1cccc(OCc2cccnc2)c1)c1ccc(Cl)cc1. The Kier molecular flexibility index (Phi) is 6.97. The lowest BCUT2D eigenvalue weighted by Crippen LogP contribution is -2.16. The van der Waals surface area contributed by atoms with Gasteiger partial charge in [-0.05, 0) is 60.7 Å². The molecule has 0 saturated heterocycles. The van der Waals surface area contributed by atoms with Crippen molar-refractivity contribution in [3.63, 3.8) is 0 Å². The summed E-state index contributed by atoms with van der Waals surface area (Å²) in [5, 5.41) is 6.23. The Bertz CT molecular complexity index is 1260. The molecular formula is C26H20ClN3O3. The smallest absolute Gasteiger partial charge is 0.255 e. The maximum Gasteiger partial charge on any atom is 0.255 e. The van der Waals surface area contributed by atoms with Crippen molar-refractivity contribution in [2.75, 3.05) is 10.6 Å². The number of carbonyl (C=O) groups is 2. The first kappa shape index (κ1) is 22.0. The van der Waals surface area contributed by atoms with Crippen molar-refractivity contribution in [3.8, 4) is 5.75 Å². The van der Waals surface area contributed by atoms with Crippen LogP contribution >= 0.6 is 11.6 Å². The monoisotopic (exact) mass is 457 g/mol. The third kappa shape index (κ3) is 5.96. The van der Waals surface area contributed by atoms with Crippen LogP contribution in [0.4, 0.5) is 11.4 Å². The zero-order chi connectivity index (χ0) is 23.0. The van der Waals surface area contributed by atoms with Crippen molar-refractivity contribution in [1.29, 1.82) is 0 Å². The van der Waals surface area contributed by atoms with E-state index in [1.165, 1.54) is 0 Å². The van der Waals surface area contributed by atoms with E-state index in [1.807, 2.05) is 12.1 Å². The molecular weight excluding hydrogens is 438 g/mol. The number of pyridine rings is 1. The molecule has 0 aliphatic carbocycles. The number of halogens is 1. The van der Waals surface area contributed by atoms with Gasteiger partial charge in [0, 0.05) is 34.1 Å². The molecule has 4 aromatic rings. The highest BCUT2D eigenvalue weighted by molar-refractivity contribution is 6.30. The molecule has 33 heavy (non-hydrogen) atoms. The first-order valence-corrected chi connectivity index (χ1v) is 10.6. The average molecular weight is 458 g/mol. The number of aromatic nitrogens is 1. The van der Waals surface area contributed by atoms with Gasteiger partial charge in [0.1, 0.15) is 12.4 Å². The summed E-state index contributed by atoms with van der Waals surface area (Å²) in [7, 11) is 0. The number of hydrogen-bond acceptors (Lipinski definition) is 4. The summed E-state index contributed by atoms with van der Waals surface area (Å²) < 4.78 is 5.78. The number of hydrogen-bond donors (Lipinski definition) is 2. The van der Waals surface area contributed by atoms with E-state index in [-0.39, 0.29) is 11.8 Å². The van der Waals surface area contributed by atoms with E-state index < -0.39 is 0 Å². The van der Waals surface area contributed by atoms with Gasteiger partial charge in [-0.25, -0.2) is 0 Å². The molecule has 0 fully saturated rings. The van der Waals surface area contributed by atoms with Crippen molar-refractivity contribution in [2.24, 2.45) is 0 Å². The second kappa shape index (κ2) is 10.4. The topological polar surface area (TPSA) is 80.3 Å². The van der Waals surface area contributed by atoms with Gasteiger partial charge in [-0.1, -0.05) is 35.9 Å². The van der Waals surface area contributed by atoms with Gasteiger partial charge in [0.15, 0.2) is 0 Å². The molecule has 7 heteroatoms. The van der Waals surface area contributed by atoms with Crippen molar-refractivity contribution in [2.45, 2.75) is 6.61 Å². The van der Waals surface area contributed by atoms with Gasteiger partial charge in [0.2, 0.25) is 0 Å². The Labute approximate surface area is 196 Å². The number of anilines is 2. The van der Waals surface area contributed by atoms with Crippen LogP contribution in [0.5, 0.6) is 5.75 Å². The fourth-order valence-corrected chi connectivity index (χ4v) is 3.19. The predicted molar refractivity (Wildman–Crippen MR) is 129 cm³/mol. The van der Waals surface area contributed by atoms with Crippen molar-refractivity contribution >= 4 is 34.8 Å². The Morgan fingerprint density at radius 2 is 1.48 bits per heavy atom. The van der Waals surface area contributed by atoms with Crippen LogP contribution in [0.2, 0.25) is 5.02 Å². The van der Waals surface area contributed by atoms with E-state index >= 15 is 0 Å². The van der Waals surface area contributed by atoms with Crippen LogP contribution in [0, 0.1) is 0 Å². The van der Waals surface area contributed by atoms with Gasteiger partial charge in [0.25, 0.3) is 11.8 Å². The van der Waals surface area contributed by atoms with Gasteiger partial charge < -0.3 is 15.4 Å². The van der Waals surface area contributed by atoms with E-state index in [1.54, 1.807) is 85.2 Å². The number of para-hydroxylation sites is 2. The highest BCUT2D eigenvalue weighted by Crippen LogP contribution is 2.24. The maximum atomic E-state index is 12.9. The zero-order valence-electron chi connectivity index (χ0n) is 17.5. The van der Waals surface area contributed by atoms with Crippen LogP contribution in [0.1, 0.15) is 26.3 Å². The van der Waals surface area contributed by atoms with Gasteiger partial charge in [-0.15, -0.1) is 0 Å². The fraction of sp³-hybridized carbons (Fsp3) is 0.0385. The van der Waals surface area contributed by atoms with Crippen LogP contribution in [-0.4, -0.2) is 16.8 Å². The second-order valence-corrected chi connectivity index (χ2v) is 7.57. The lowest BCUT2D eigenvalue weighted by Gasteiger charge is -2.13. The van der Waals surface area contributed by atoms with E-state index in [0.717, 1.165) is 5.56 Å². The predicted octanol–water partition coefficient (Wildman–Crippen LogP) is 5.82. The summed E-state index contributed by atoms with van der Waals surface area (Å²) in [6.07, 6.45) is 3.43. The first-order valence-electron chi connectivity index (χ1n) is 10.2. The second-order valence-electron chi connectivity index (χ2n) is 7.14. The van der Waals surface area contributed by atoms with Gasteiger partial charge in [-0.2, -0.15) is 0 Å². The minimum atomic E-state index is -0.324. The molecule has 0 saturated carbocycles. The number of ether oxygens (including phenoxy) is 1. The van der Waals surface area contributed by atoms with Crippen LogP contribution in [0.25, 0.3) is 0 Å². The molecule has 6 nitrogen and oxygen atoms in total.